The number of esters is 2. The van der Waals surface area contributed by atoms with Crippen molar-refractivity contribution in [1.82, 2.24) is 14.8 Å². The number of aromatic nitrogens is 3. The summed E-state index contributed by atoms with van der Waals surface area (Å²) in [6.45, 7) is 3.97. The Balaban J connectivity index is 1.66. The van der Waals surface area contributed by atoms with Crippen molar-refractivity contribution in [3.05, 3.63) is 65.0 Å². The summed E-state index contributed by atoms with van der Waals surface area (Å²) in [5, 5.41) is 11.6. The second-order valence-corrected chi connectivity index (χ2v) is 8.68. The van der Waals surface area contributed by atoms with Crippen LogP contribution in [0.5, 0.6) is 5.75 Å². The molecule has 0 spiro atoms. The number of methoxy groups -OCH3 is 2. The Bertz CT molecular complexity index is 1240. The van der Waals surface area contributed by atoms with Crippen LogP contribution in [0.4, 0.5) is 5.69 Å². The van der Waals surface area contributed by atoms with E-state index in [4.69, 9.17) is 14.2 Å². The number of amides is 1. The zero-order chi connectivity index (χ0) is 26.2. The number of carbonyl (C=O) groups is 3. The van der Waals surface area contributed by atoms with Crippen LogP contribution >= 0.6 is 11.8 Å². The quantitative estimate of drug-likeness (QED) is 0.319. The first-order chi connectivity index (χ1) is 17.3. The van der Waals surface area contributed by atoms with Gasteiger partial charge in [-0.1, -0.05) is 30.8 Å². The van der Waals surface area contributed by atoms with Gasteiger partial charge in [0.25, 0.3) is 0 Å². The van der Waals surface area contributed by atoms with Crippen LogP contribution in [-0.2, 0) is 27.7 Å². The summed E-state index contributed by atoms with van der Waals surface area (Å²) < 4.78 is 17.2. The number of hydrogen-bond acceptors (Lipinski definition) is 9. The van der Waals surface area contributed by atoms with Gasteiger partial charge in [-0.15, -0.1) is 10.2 Å². The molecule has 0 radical (unpaired) electrons. The van der Waals surface area contributed by atoms with Gasteiger partial charge in [0.15, 0.2) is 17.1 Å². The maximum Gasteiger partial charge on any atom is 0.339 e. The third kappa shape index (κ3) is 6.42. The molecule has 0 aliphatic heterocycles. The van der Waals surface area contributed by atoms with E-state index in [2.05, 4.69) is 22.4 Å². The van der Waals surface area contributed by atoms with Crippen molar-refractivity contribution in [3.8, 4) is 5.75 Å². The molecule has 1 aromatic heterocycles. The molecular formula is C25H28N4O6S. The van der Waals surface area contributed by atoms with E-state index in [-0.39, 0.29) is 28.7 Å². The highest BCUT2D eigenvalue weighted by Crippen LogP contribution is 2.25. The highest BCUT2D eigenvalue weighted by atomic mass is 32.2. The van der Waals surface area contributed by atoms with Crippen LogP contribution in [0.2, 0.25) is 0 Å². The van der Waals surface area contributed by atoms with Gasteiger partial charge in [0, 0.05) is 7.05 Å². The van der Waals surface area contributed by atoms with Gasteiger partial charge >= 0.3 is 11.9 Å². The number of carbonyl (C=O) groups excluding carboxylic acids is 3. The van der Waals surface area contributed by atoms with Gasteiger partial charge in [-0.05, 0) is 49.2 Å². The first-order valence-electron chi connectivity index (χ1n) is 11.2. The van der Waals surface area contributed by atoms with E-state index in [9.17, 15) is 14.4 Å². The molecule has 3 rings (SSSR count). The topological polar surface area (TPSA) is 122 Å². The van der Waals surface area contributed by atoms with Crippen LogP contribution in [0.15, 0.2) is 47.6 Å². The zero-order valence-electron chi connectivity index (χ0n) is 20.7. The van der Waals surface area contributed by atoms with Crippen molar-refractivity contribution in [1.29, 1.82) is 0 Å². The fourth-order valence-corrected chi connectivity index (χ4v) is 4.08. The molecule has 0 aliphatic rings. The maximum absolute atomic E-state index is 12.7. The molecule has 0 saturated heterocycles. The minimum Gasteiger partial charge on any atom is -0.483 e. The zero-order valence-corrected chi connectivity index (χ0v) is 21.5. The van der Waals surface area contributed by atoms with Crippen molar-refractivity contribution in [2.24, 2.45) is 7.05 Å². The van der Waals surface area contributed by atoms with Crippen LogP contribution in [-0.4, -0.2) is 52.6 Å². The van der Waals surface area contributed by atoms with E-state index in [0.717, 1.165) is 12.2 Å². The Morgan fingerprint density at radius 1 is 1.03 bits per heavy atom. The minimum atomic E-state index is -0.648. The molecule has 190 valence electrons. The Morgan fingerprint density at radius 3 is 2.36 bits per heavy atom. The summed E-state index contributed by atoms with van der Waals surface area (Å²) in [6, 6.07) is 12.1. The number of rotatable bonds is 10. The van der Waals surface area contributed by atoms with E-state index < -0.39 is 17.8 Å². The standard InChI is InChI=1S/C25H28N4O6S/c1-6-16-7-10-18(11-8-16)35-15(2)22-27-28-25(29(22)3)36-14-21(30)26-20-13-17(23(31)33-4)9-12-19(20)24(32)34-5/h7-13,15H,6,14H2,1-5H3,(H,26,30). The van der Waals surface area contributed by atoms with Crippen LogP contribution in [0, 0.1) is 0 Å². The highest BCUT2D eigenvalue weighted by Gasteiger charge is 2.20. The lowest BCUT2D eigenvalue weighted by molar-refractivity contribution is -0.113. The third-order valence-corrected chi connectivity index (χ3v) is 6.35. The van der Waals surface area contributed by atoms with Gasteiger partial charge in [-0.3, -0.25) is 4.79 Å². The Kier molecular flexibility index (Phi) is 9.07. The first-order valence-corrected chi connectivity index (χ1v) is 12.1. The van der Waals surface area contributed by atoms with Crippen molar-refractivity contribution in [3.63, 3.8) is 0 Å². The summed E-state index contributed by atoms with van der Waals surface area (Å²) in [4.78, 5) is 36.6. The van der Waals surface area contributed by atoms with E-state index >= 15 is 0 Å². The normalized spacial score (nSPS) is 11.5. The Morgan fingerprint density at radius 2 is 1.72 bits per heavy atom. The molecule has 1 atom stereocenters. The predicted octanol–water partition coefficient (Wildman–Crippen LogP) is 3.82. The van der Waals surface area contributed by atoms with Crippen LogP contribution in [0.3, 0.4) is 0 Å². The number of ether oxygens (including phenoxy) is 3. The van der Waals surface area contributed by atoms with Crippen molar-refractivity contribution >= 4 is 35.3 Å². The minimum absolute atomic E-state index is 0.0112. The molecular weight excluding hydrogens is 484 g/mol. The fraction of sp³-hybridized carbons (Fsp3) is 0.320. The molecule has 1 heterocycles. The molecule has 0 fully saturated rings. The largest absolute Gasteiger partial charge is 0.483 e. The predicted molar refractivity (Wildman–Crippen MR) is 134 cm³/mol. The summed E-state index contributed by atoms with van der Waals surface area (Å²) in [6.07, 6.45) is 0.593. The fourth-order valence-electron chi connectivity index (χ4n) is 3.36. The molecule has 11 heteroatoms. The van der Waals surface area contributed by atoms with E-state index in [0.29, 0.717) is 11.0 Å². The average molecular weight is 513 g/mol. The van der Waals surface area contributed by atoms with Crippen LogP contribution < -0.4 is 10.1 Å². The molecule has 1 amide bonds. The lowest BCUT2D eigenvalue weighted by atomic mass is 10.1. The second kappa shape index (κ2) is 12.2. The number of nitrogens with zero attached hydrogens (tertiary/aromatic N) is 3. The van der Waals surface area contributed by atoms with E-state index in [1.54, 1.807) is 11.6 Å². The molecule has 2 aromatic carbocycles. The number of aryl methyl sites for hydroxylation is 1. The number of thioether (sulfide) groups is 1. The summed E-state index contributed by atoms with van der Waals surface area (Å²) in [5.74, 6) is -0.325. The lowest BCUT2D eigenvalue weighted by Crippen LogP contribution is -2.18. The summed E-state index contributed by atoms with van der Waals surface area (Å²) in [5.41, 5.74) is 1.67. The Labute approximate surface area is 213 Å². The SMILES string of the molecule is CCc1ccc(OC(C)c2nnc(SCC(=O)Nc3cc(C(=O)OC)ccc3C(=O)OC)n2C)cc1. The molecule has 1 unspecified atom stereocenters. The van der Waals surface area contributed by atoms with E-state index in [1.165, 1.54) is 49.7 Å². The van der Waals surface area contributed by atoms with Gasteiger partial charge < -0.3 is 24.1 Å². The average Bonchev–Trinajstić information content (AvgIpc) is 3.27. The number of benzene rings is 2. The molecule has 36 heavy (non-hydrogen) atoms. The number of hydrogen-bond donors (Lipinski definition) is 1. The van der Waals surface area contributed by atoms with Gasteiger partial charge in [0.2, 0.25) is 5.91 Å². The van der Waals surface area contributed by atoms with Crippen LogP contribution in [0.1, 0.15) is 52.1 Å². The molecule has 0 bridgehead atoms. The van der Waals surface area contributed by atoms with Crippen molar-refractivity contribution in [2.75, 3.05) is 25.3 Å². The smallest absolute Gasteiger partial charge is 0.339 e. The highest BCUT2D eigenvalue weighted by molar-refractivity contribution is 7.99. The number of nitrogens with one attached hydrogen (secondary N) is 1. The summed E-state index contributed by atoms with van der Waals surface area (Å²) >= 11 is 1.17. The third-order valence-electron chi connectivity index (χ3n) is 5.33. The maximum atomic E-state index is 12.7. The molecule has 3 aromatic rings. The summed E-state index contributed by atoms with van der Waals surface area (Å²) in [7, 11) is 4.27. The molecule has 0 saturated carbocycles. The Hall–Kier alpha value is -3.86. The van der Waals surface area contributed by atoms with Crippen LogP contribution in [0.25, 0.3) is 0 Å². The number of anilines is 1. The van der Waals surface area contributed by atoms with Gasteiger partial charge in [0.05, 0.1) is 36.8 Å². The van der Waals surface area contributed by atoms with E-state index in [1.807, 2.05) is 31.2 Å². The molecule has 10 nitrogen and oxygen atoms in total. The first kappa shape index (κ1) is 26.7. The second-order valence-electron chi connectivity index (χ2n) is 7.74. The monoisotopic (exact) mass is 512 g/mol. The van der Waals surface area contributed by atoms with Gasteiger partial charge in [-0.2, -0.15) is 0 Å². The van der Waals surface area contributed by atoms with Crippen molar-refractivity contribution in [2.45, 2.75) is 31.5 Å². The lowest BCUT2D eigenvalue weighted by Gasteiger charge is -2.14. The van der Waals surface area contributed by atoms with Gasteiger partial charge in [-0.25, -0.2) is 9.59 Å². The molecule has 0 aliphatic carbocycles. The van der Waals surface area contributed by atoms with Crippen molar-refractivity contribution < 1.29 is 28.6 Å². The molecule has 1 N–H and O–H groups in total. The van der Waals surface area contributed by atoms with Gasteiger partial charge in [0.1, 0.15) is 5.75 Å².